The number of amides is 1. The standard InChI is InChI=1S/C15H14N6O2/c1-9-16-4-5-21(9)14-7-13(17-8-18-14)19-15(22)11-6-12(23-20-11)10-2-3-10/h4-8,10H,2-3H2,1H3,(H,17,18,19,22). The molecule has 116 valence electrons. The highest BCUT2D eigenvalue weighted by atomic mass is 16.5. The molecule has 1 aliphatic carbocycles. The van der Waals surface area contributed by atoms with Crippen LogP contribution in [0.3, 0.4) is 0 Å². The average molecular weight is 310 g/mol. The first-order valence-corrected chi connectivity index (χ1v) is 7.31. The lowest BCUT2D eigenvalue weighted by Gasteiger charge is -2.06. The van der Waals surface area contributed by atoms with Crippen molar-refractivity contribution in [2.24, 2.45) is 0 Å². The fourth-order valence-corrected chi connectivity index (χ4v) is 2.30. The van der Waals surface area contributed by atoms with Gasteiger partial charge in [-0.1, -0.05) is 5.16 Å². The zero-order valence-corrected chi connectivity index (χ0v) is 12.4. The molecule has 3 aromatic rings. The van der Waals surface area contributed by atoms with Crippen LogP contribution in [0.25, 0.3) is 5.82 Å². The highest BCUT2D eigenvalue weighted by molar-refractivity contribution is 6.02. The highest BCUT2D eigenvalue weighted by Gasteiger charge is 2.29. The van der Waals surface area contributed by atoms with Gasteiger partial charge in [0.05, 0.1) is 0 Å². The quantitative estimate of drug-likeness (QED) is 0.792. The van der Waals surface area contributed by atoms with Crippen LogP contribution >= 0.6 is 0 Å². The molecule has 1 amide bonds. The molecule has 0 atom stereocenters. The second-order valence-corrected chi connectivity index (χ2v) is 5.45. The van der Waals surface area contributed by atoms with E-state index in [9.17, 15) is 4.79 Å². The Morgan fingerprint density at radius 2 is 2.17 bits per heavy atom. The molecular weight excluding hydrogens is 296 g/mol. The summed E-state index contributed by atoms with van der Waals surface area (Å²) in [6.07, 6.45) is 7.06. The fourth-order valence-electron chi connectivity index (χ4n) is 2.30. The smallest absolute Gasteiger partial charge is 0.279 e. The SMILES string of the molecule is Cc1nccn1-c1cc(NC(=O)c2cc(C3CC3)on2)ncn1. The molecule has 1 aliphatic rings. The summed E-state index contributed by atoms with van der Waals surface area (Å²) >= 11 is 0. The van der Waals surface area contributed by atoms with Gasteiger partial charge in [0.25, 0.3) is 5.91 Å². The number of aromatic nitrogens is 5. The number of rotatable bonds is 4. The average Bonchev–Trinajstić information content (AvgIpc) is 3.11. The first kappa shape index (κ1) is 13.6. The third kappa shape index (κ3) is 2.70. The van der Waals surface area contributed by atoms with Crippen molar-refractivity contribution in [2.45, 2.75) is 25.7 Å². The van der Waals surface area contributed by atoms with Crippen LogP contribution in [0.1, 0.15) is 40.8 Å². The Hall–Kier alpha value is -3.03. The van der Waals surface area contributed by atoms with Gasteiger partial charge in [-0.3, -0.25) is 9.36 Å². The molecule has 0 saturated heterocycles. The molecule has 8 nitrogen and oxygen atoms in total. The van der Waals surface area contributed by atoms with E-state index in [1.807, 2.05) is 6.92 Å². The maximum absolute atomic E-state index is 12.2. The normalized spacial score (nSPS) is 14.0. The summed E-state index contributed by atoms with van der Waals surface area (Å²) < 4.78 is 6.99. The van der Waals surface area contributed by atoms with Crippen LogP contribution < -0.4 is 5.32 Å². The predicted molar refractivity (Wildman–Crippen MR) is 80.3 cm³/mol. The van der Waals surface area contributed by atoms with Crippen molar-refractivity contribution in [3.63, 3.8) is 0 Å². The number of aryl methyl sites for hydroxylation is 1. The Labute approximate surface area is 131 Å². The Morgan fingerprint density at radius 1 is 1.30 bits per heavy atom. The molecule has 8 heteroatoms. The van der Waals surface area contributed by atoms with E-state index in [1.165, 1.54) is 6.33 Å². The maximum Gasteiger partial charge on any atom is 0.279 e. The van der Waals surface area contributed by atoms with Gasteiger partial charge in [0.15, 0.2) is 5.69 Å². The number of nitrogens with zero attached hydrogens (tertiary/aromatic N) is 5. The lowest BCUT2D eigenvalue weighted by Crippen LogP contribution is -2.14. The Balaban J connectivity index is 1.54. The van der Waals surface area contributed by atoms with Crippen LogP contribution in [0.4, 0.5) is 5.82 Å². The van der Waals surface area contributed by atoms with Crippen LogP contribution in [0.5, 0.6) is 0 Å². The minimum absolute atomic E-state index is 0.255. The van der Waals surface area contributed by atoms with Crippen molar-refractivity contribution in [1.29, 1.82) is 0 Å². The molecule has 0 unspecified atom stereocenters. The van der Waals surface area contributed by atoms with Crippen LogP contribution in [0.15, 0.2) is 35.4 Å². The van der Waals surface area contributed by atoms with Gasteiger partial charge in [0.2, 0.25) is 0 Å². The lowest BCUT2D eigenvalue weighted by molar-refractivity contribution is 0.101. The van der Waals surface area contributed by atoms with Gasteiger partial charge in [-0.05, 0) is 19.8 Å². The summed E-state index contributed by atoms with van der Waals surface area (Å²) in [6.45, 7) is 1.87. The number of carbonyl (C=O) groups is 1. The van der Waals surface area contributed by atoms with Gasteiger partial charge >= 0.3 is 0 Å². The molecule has 1 fully saturated rings. The molecule has 1 saturated carbocycles. The van der Waals surface area contributed by atoms with Crippen molar-refractivity contribution in [3.05, 3.63) is 48.1 Å². The maximum atomic E-state index is 12.2. The minimum atomic E-state index is -0.354. The van der Waals surface area contributed by atoms with Gasteiger partial charge in [-0.2, -0.15) is 0 Å². The summed E-state index contributed by atoms with van der Waals surface area (Å²) in [5, 5.41) is 6.52. The molecular formula is C15H14N6O2. The van der Waals surface area contributed by atoms with E-state index >= 15 is 0 Å². The van der Waals surface area contributed by atoms with Crippen LogP contribution in [0.2, 0.25) is 0 Å². The van der Waals surface area contributed by atoms with E-state index in [4.69, 9.17) is 4.52 Å². The van der Waals surface area contributed by atoms with Crippen molar-refractivity contribution >= 4 is 11.7 Å². The Morgan fingerprint density at radius 3 is 2.91 bits per heavy atom. The first-order valence-electron chi connectivity index (χ1n) is 7.31. The van der Waals surface area contributed by atoms with E-state index in [-0.39, 0.29) is 11.6 Å². The number of hydrogen-bond donors (Lipinski definition) is 1. The lowest BCUT2D eigenvalue weighted by atomic mass is 10.3. The molecule has 23 heavy (non-hydrogen) atoms. The van der Waals surface area contributed by atoms with E-state index < -0.39 is 0 Å². The van der Waals surface area contributed by atoms with Crippen LogP contribution in [-0.4, -0.2) is 30.6 Å². The van der Waals surface area contributed by atoms with Crippen molar-refractivity contribution in [3.8, 4) is 5.82 Å². The van der Waals surface area contributed by atoms with E-state index in [2.05, 4.69) is 25.4 Å². The number of hydrogen-bond acceptors (Lipinski definition) is 6. The molecule has 0 aliphatic heterocycles. The van der Waals surface area contributed by atoms with E-state index in [0.717, 1.165) is 24.4 Å². The summed E-state index contributed by atoms with van der Waals surface area (Å²) in [4.78, 5) is 24.6. The highest BCUT2D eigenvalue weighted by Crippen LogP contribution is 2.40. The second-order valence-electron chi connectivity index (χ2n) is 5.45. The number of imidazole rings is 1. The number of anilines is 1. The Bertz CT molecular complexity index is 864. The number of nitrogens with one attached hydrogen (secondary N) is 1. The third-order valence-corrected chi connectivity index (χ3v) is 3.71. The van der Waals surface area contributed by atoms with Crippen LogP contribution in [-0.2, 0) is 0 Å². The summed E-state index contributed by atoms with van der Waals surface area (Å²) in [5.41, 5.74) is 0.255. The Kier molecular flexibility index (Phi) is 3.14. The van der Waals surface area contributed by atoms with Crippen molar-refractivity contribution in [1.82, 2.24) is 24.7 Å². The molecule has 4 rings (SSSR count). The monoisotopic (exact) mass is 310 g/mol. The van der Waals surface area contributed by atoms with E-state index in [0.29, 0.717) is 17.6 Å². The zero-order valence-electron chi connectivity index (χ0n) is 12.4. The predicted octanol–water partition coefficient (Wildman–Crippen LogP) is 2.09. The van der Waals surface area contributed by atoms with Gasteiger partial charge in [0.1, 0.15) is 29.5 Å². The summed E-state index contributed by atoms with van der Waals surface area (Å²) in [6, 6.07) is 3.36. The minimum Gasteiger partial charge on any atom is -0.360 e. The topological polar surface area (TPSA) is 98.7 Å². The first-order chi connectivity index (χ1) is 11.2. The molecule has 0 aromatic carbocycles. The van der Waals surface area contributed by atoms with Crippen molar-refractivity contribution < 1.29 is 9.32 Å². The second kappa shape index (κ2) is 5.31. The summed E-state index contributed by atoms with van der Waals surface area (Å²) in [7, 11) is 0. The van der Waals surface area contributed by atoms with E-state index in [1.54, 1.807) is 29.1 Å². The molecule has 0 radical (unpaired) electrons. The molecule has 0 bridgehead atoms. The van der Waals surface area contributed by atoms with Gasteiger partial charge in [0, 0.05) is 30.4 Å². The van der Waals surface area contributed by atoms with Gasteiger partial charge in [-0.25, -0.2) is 15.0 Å². The fraction of sp³-hybridized carbons (Fsp3) is 0.267. The van der Waals surface area contributed by atoms with Crippen LogP contribution in [0, 0.1) is 6.92 Å². The molecule has 3 heterocycles. The molecule has 1 N–H and O–H groups in total. The van der Waals surface area contributed by atoms with Crippen molar-refractivity contribution in [2.75, 3.05) is 5.32 Å². The molecule has 0 spiro atoms. The number of carbonyl (C=O) groups excluding carboxylic acids is 1. The molecule has 3 aromatic heterocycles. The summed E-state index contributed by atoms with van der Waals surface area (Å²) in [5.74, 6) is 2.65. The van der Waals surface area contributed by atoms with Gasteiger partial charge in [-0.15, -0.1) is 0 Å². The zero-order chi connectivity index (χ0) is 15.8. The third-order valence-electron chi connectivity index (χ3n) is 3.71. The van der Waals surface area contributed by atoms with Gasteiger partial charge < -0.3 is 9.84 Å². The largest absolute Gasteiger partial charge is 0.360 e.